The summed E-state index contributed by atoms with van der Waals surface area (Å²) in [7, 11) is 0. The molecule has 25 heavy (non-hydrogen) atoms. The molecule has 0 aliphatic heterocycles. The average molecular weight is 395 g/mol. The topological polar surface area (TPSA) is 50.4 Å². The van der Waals surface area contributed by atoms with Crippen LogP contribution in [-0.4, -0.2) is 17.7 Å². The Balaban J connectivity index is 1.81. The Kier molecular flexibility index (Phi) is 5.93. The molecule has 0 fully saturated rings. The molecule has 1 aromatic carbocycles. The van der Waals surface area contributed by atoms with Crippen molar-refractivity contribution in [2.24, 2.45) is 0 Å². The number of thiocarbonyl (C=S) groups is 1. The van der Waals surface area contributed by atoms with E-state index in [-0.39, 0.29) is 5.97 Å². The number of benzene rings is 1. The molecule has 0 saturated carbocycles. The lowest BCUT2D eigenvalue weighted by atomic mass is 9.95. The Morgan fingerprint density at radius 2 is 1.96 bits per heavy atom. The van der Waals surface area contributed by atoms with E-state index in [2.05, 4.69) is 10.6 Å². The molecule has 0 unspecified atom stereocenters. The first-order valence-electron chi connectivity index (χ1n) is 8.23. The molecule has 0 spiro atoms. The van der Waals surface area contributed by atoms with E-state index in [1.54, 1.807) is 23.5 Å². The van der Waals surface area contributed by atoms with Crippen LogP contribution in [0.1, 0.15) is 40.6 Å². The zero-order valence-corrected chi connectivity index (χ0v) is 16.2. The van der Waals surface area contributed by atoms with Crippen molar-refractivity contribution >= 4 is 56.9 Å². The van der Waals surface area contributed by atoms with Gasteiger partial charge < -0.3 is 15.4 Å². The fourth-order valence-electron chi connectivity index (χ4n) is 2.87. The Morgan fingerprint density at radius 1 is 1.24 bits per heavy atom. The van der Waals surface area contributed by atoms with Crippen LogP contribution in [0.15, 0.2) is 24.3 Å². The van der Waals surface area contributed by atoms with Crippen molar-refractivity contribution in [3.63, 3.8) is 0 Å². The summed E-state index contributed by atoms with van der Waals surface area (Å²) in [5, 5.41) is 8.15. The largest absolute Gasteiger partial charge is 0.462 e. The maximum absolute atomic E-state index is 12.4. The van der Waals surface area contributed by atoms with Gasteiger partial charge in [-0.15, -0.1) is 11.3 Å². The Labute approximate surface area is 161 Å². The van der Waals surface area contributed by atoms with Gasteiger partial charge in [0.2, 0.25) is 0 Å². The number of rotatable bonds is 4. The highest BCUT2D eigenvalue weighted by atomic mass is 35.5. The fourth-order valence-corrected chi connectivity index (χ4v) is 4.56. The third kappa shape index (κ3) is 4.32. The quantitative estimate of drug-likeness (QED) is 0.546. The van der Waals surface area contributed by atoms with Crippen molar-refractivity contribution in [2.45, 2.75) is 32.6 Å². The van der Waals surface area contributed by atoms with Crippen LogP contribution in [-0.2, 0) is 17.6 Å². The number of aryl methyl sites for hydroxylation is 1. The van der Waals surface area contributed by atoms with E-state index in [9.17, 15) is 4.79 Å². The van der Waals surface area contributed by atoms with Crippen LogP contribution in [0.4, 0.5) is 10.7 Å². The lowest BCUT2D eigenvalue weighted by molar-refractivity contribution is 0.0526. The van der Waals surface area contributed by atoms with Gasteiger partial charge in [-0.25, -0.2) is 4.79 Å². The number of halogens is 1. The number of hydrogen-bond donors (Lipinski definition) is 2. The SMILES string of the molecule is CCOC(=O)c1c(NC(=S)Nc2ccc(Cl)cc2)sc2c1CCCC2. The third-order valence-corrected chi connectivity index (χ3v) is 5.64. The minimum Gasteiger partial charge on any atom is -0.462 e. The van der Waals surface area contributed by atoms with Crippen molar-refractivity contribution < 1.29 is 9.53 Å². The monoisotopic (exact) mass is 394 g/mol. The summed E-state index contributed by atoms with van der Waals surface area (Å²) >= 11 is 12.9. The molecule has 2 aromatic rings. The predicted octanol–water partition coefficient (Wildman–Crippen LogP) is 5.27. The van der Waals surface area contributed by atoms with Gasteiger partial charge in [-0.1, -0.05) is 11.6 Å². The Bertz CT molecular complexity index is 787. The molecule has 0 amide bonds. The third-order valence-electron chi connectivity index (χ3n) is 3.98. The number of hydrogen-bond acceptors (Lipinski definition) is 4. The molecular formula is C18H19ClN2O2S2. The second kappa shape index (κ2) is 8.17. The number of carbonyl (C=O) groups is 1. The van der Waals surface area contributed by atoms with Gasteiger partial charge in [-0.2, -0.15) is 0 Å². The van der Waals surface area contributed by atoms with Gasteiger partial charge in [-0.05, 0) is 74.7 Å². The van der Waals surface area contributed by atoms with E-state index in [0.29, 0.717) is 22.3 Å². The molecular weight excluding hydrogens is 376 g/mol. The van der Waals surface area contributed by atoms with Crippen LogP contribution in [0.3, 0.4) is 0 Å². The standard InChI is InChI=1S/C18H19ClN2O2S2/c1-2-23-17(22)15-13-5-3-4-6-14(13)25-16(15)21-18(24)20-12-9-7-11(19)8-10-12/h7-10H,2-6H2,1H3,(H2,20,21,24). The maximum Gasteiger partial charge on any atom is 0.341 e. The molecule has 0 bridgehead atoms. The summed E-state index contributed by atoms with van der Waals surface area (Å²) in [6.07, 6.45) is 4.18. The number of fused-ring (bicyclic) bond motifs is 1. The lowest BCUT2D eigenvalue weighted by Crippen LogP contribution is -2.20. The molecule has 1 heterocycles. The van der Waals surface area contributed by atoms with E-state index < -0.39 is 0 Å². The summed E-state index contributed by atoms with van der Waals surface area (Å²) < 4.78 is 5.26. The molecule has 0 atom stereocenters. The van der Waals surface area contributed by atoms with Crippen molar-refractivity contribution in [1.82, 2.24) is 0 Å². The first-order valence-corrected chi connectivity index (χ1v) is 9.84. The minimum absolute atomic E-state index is 0.279. The summed E-state index contributed by atoms with van der Waals surface area (Å²) in [5.41, 5.74) is 2.59. The van der Waals surface area contributed by atoms with Crippen LogP contribution in [0.25, 0.3) is 0 Å². The van der Waals surface area contributed by atoms with Gasteiger partial charge in [0.25, 0.3) is 0 Å². The molecule has 132 valence electrons. The average Bonchev–Trinajstić information content (AvgIpc) is 2.95. The molecule has 0 radical (unpaired) electrons. The van der Waals surface area contributed by atoms with E-state index in [1.165, 1.54) is 4.88 Å². The van der Waals surface area contributed by atoms with Crippen LogP contribution >= 0.6 is 35.2 Å². The molecule has 3 rings (SSSR count). The van der Waals surface area contributed by atoms with Crippen molar-refractivity contribution in [3.05, 3.63) is 45.3 Å². The Hall–Kier alpha value is -1.63. The molecule has 1 aromatic heterocycles. The highest BCUT2D eigenvalue weighted by molar-refractivity contribution is 7.80. The zero-order valence-electron chi connectivity index (χ0n) is 13.9. The van der Waals surface area contributed by atoms with Gasteiger partial charge in [0.1, 0.15) is 5.00 Å². The highest BCUT2D eigenvalue weighted by Crippen LogP contribution is 2.38. The number of carbonyl (C=O) groups excluding carboxylic acids is 1. The number of esters is 1. The molecule has 1 aliphatic carbocycles. The van der Waals surface area contributed by atoms with Gasteiger partial charge in [-0.3, -0.25) is 0 Å². The van der Waals surface area contributed by atoms with Gasteiger partial charge >= 0.3 is 5.97 Å². The van der Waals surface area contributed by atoms with Crippen LogP contribution in [0.2, 0.25) is 5.02 Å². The summed E-state index contributed by atoms with van der Waals surface area (Å²) in [6, 6.07) is 7.28. The normalized spacial score (nSPS) is 13.0. The van der Waals surface area contributed by atoms with Crippen molar-refractivity contribution in [2.75, 3.05) is 17.2 Å². The van der Waals surface area contributed by atoms with Crippen molar-refractivity contribution in [3.8, 4) is 0 Å². The smallest absolute Gasteiger partial charge is 0.341 e. The molecule has 4 nitrogen and oxygen atoms in total. The molecule has 1 aliphatic rings. The summed E-state index contributed by atoms with van der Waals surface area (Å²) in [6.45, 7) is 2.17. The van der Waals surface area contributed by atoms with E-state index in [1.807, 2.05) is 19.1 Å². The molecule has 2 N–H and O–H groups in total. The maximum atomic E-state index is 12.4. The zero-order chi connectivity index (χ0) is 17.8. The van der Waals surface area contributed by atoms with Crippen LogP contribution in [0.5, 0.6) is 0 Å². The van der Waals surface area contributed by atoms with Crippen LogP contribution in [0, 0.1) is 0 Å². The Morgan fingerprint density at radius 3 is 2.68 bits per heavy atom. The highest BCUT2D eigenvalue weighted by Gasteiger charge is 2.26. The number of nitrogens with one attached hydrogen (secondary N) is 2. The van der Waals surface area contributed by atoms with E-state index >= 15 is 0 Å². The first kappa shape index (κ1) is 18.2. The second-order valence-corrected chi connectivity index (χ2v) is 7.67. The van der Waals surface area contributed by atoms with Crippen molar-refractivity contribution in [1.29, 1.82) is 0 Å². The van der Waals surface area contributed by atoms with Gasteiger partial charge in [0, 0.05) is 15.6 Å². The second-order valence-electron chi connectivity index (χ2n) is 5.72. The van der Waals surface area contributed by atoms with E-state index in [0.717, 1.165) is 41.9 Å². The summed E-state index contributed by atoms with van der Waals surface area (Å²) in [5.74, 6) is -0.279. The summed E-state index contributed by atoms with van der Waals surface area (Å²) in [4.78, 5) is 13.7. The van der Waals surface area contributed by atoms with Gasteiger partial charge in [0.05, 0.1) is 12.2 Å². The lowest BCUT2D eigenvalue weighted by Gasteiger charge is -2.13. The number of thiophene rings is 1. The van der Waals surface area contributed by atoms with Gasteiger partial charge in [0.15, 0.2) is 5.11 Å². The predicted molar refractivity (Wildman–Crippen MR) is 108 cm³/mol. The van der Waals surface area contributed by atoms with Crippen LogP contribution < -0.4 is 10.6 Å². The molecule has 7 heteroatoms. The molecule has 0 saturated heterocycles. The number of anilines is 2. The fraction of sp³-hybridized carbons (Fsp3) is 0.333. The van der Waals surface area contributed by atoms with E-state index in [4.69, 9.17) is 28.6 Å². The number of ether oxygens (including phenoxy) is 1. The minimum atomic E-state index is -0.279. The first-order chi connectivity index (χ1) is 12.1.